The molecule has 1 aliphatic rings. The van der Waals surface area contributed by atoms with Gasteiger partial charge in [-0.05, 0) is 38.7 Å². The van der Waals surface area contributed by atoms with E-state index >= 15 is 0 Å². The Morgan fingerprint density at radius 3 is 2.39 bits per heavy atom. The quantitative estimate of drug-likeness (QED) is 0.568. The van der Waals surface area contributed by atoms with E-state index in [4.69, 9.17) is 4.74 Å². The van der Waals surface area contributed by atoms with E-state index in [-0.39, 0.29) is 11.0 Å². The first-order valence-electron chi connectivity index (χ1n) is 6.39. The summed E-state index contributed by atoms with van der Waals surface area (Å²) < 4.78 is 28.7. The van der Waals surface area contributed by atoms with Crippen LogP contribution in [0.3, 0.4) is 0 Å². The second-order valence-corrected chi connectivity index (χ2v) is 6.59. The average Bonchev–Trinajstić information content (AvgIpc) is 2.33. The lowest BCUT2D eigenvalue weighted by Crippen LogP contribution is -2.14. The van der Waals surface area contributed by atoms with Gasteiger partial charge >= 0.3 is 0 Å². The van der Waals surface area contributed by atoms with Crippen LogP contribution in [0.2, 0.25) is 0 Å². The smallest absolute Gasteiger partial charge is 0.178 e. The molecule has 4 heteroatoms. The number of hydrogen-bond donors (Lipinski definition) is 0. The highest BCUT2D eigenvalue weighted by molar-refractivity contribution is 7.94. The molecule has 102 valence electrons. The number of sulfone groups is 1. The topological polar surface area (TPSA) is 43.4 Å². The zero-order valence-electron chi connectivity index (χ0n) is 11.1. The first kappa shape index (κ1) is 15.0. The standard InChI is InChI=1S/C14H22O3S/c1-3-4-6-11-14(18(2,15)16)12-17-13-9-7-5-8-10-13/h3-4,6,11-13H,5,7-10H2,1-2H3/b4-3-,11-6-,14-12-. The van der Waals surface area contributed by atoms with Crippen molar-refractivity contribution in [1.29, 1.82) is 0 Å². The van der Waals surface area contributed by atoms with Gasteiger partial charge in [-0.3, -0.25) is 0 Å². The van der Waals surface area contributed by atoms with Crippen LogP contribution in [0.25, 0.3) is 0 Å². The molecule has 0 amide bonds. The van der Waals surface area contributed by atoms with Crippen molar-refractivity contribution in [3.63, 3.8) is 0 Å². The molecule has 0 bridgehead atoms. The van der Waals surface area contributed by atoms with Gasteiger partial charge in [0.25, 0.3) is 0 Å². The molecule has 0 aromatic heterocycles. The van der Waals surface area contributed by atoms with Crippen LogP contribution in [0.15, 0.2) is 35.5 Å². The highest BCUT2D eigenvalue weighted by atomic mass is 32.2. The van der Waals surface area contributed by atoms with Crippen molar-refractivity contribution in [1.82, 2.24) is 0 Å². The fourth-order valence-corrected chi connectivity index (χ4v) is 2.43. The average molecular weight is 270 g/mol. The van der Waals surface area contributed by atoms with Crippen molar-refractivity contribution >= 4 is 9.84 Å². The van der Waals surface area contributed by atoms with Crippen molar-refractivity contribution in [2.24, 2.45) is 0 Å². The Balaban J connectivity index is 2.69. The summed E-state index contributed by atoms with van der Waals surface area (Å²) in [5, 5.41) is 0. The molecule has 0 atom stereocenters. The zero-order chi connectivity index (χ0) is 13.4. The van der Waals surface area contributed by atoms with Crippen LogP contribution in [0.1, 0.15) is 39.0 Å². The Morgan fingerprint density at radius 2 is 1.83 bits per heavy atom. The maximum atomic E-state index is 11.6. The molecule has 0 spiro atoms. The van der Waals surface area contributed by atoms with E-state index in [1.54, 1.807) is 18.2 Å². The summed E-state index contributed by atoms with van der Waals surface area (Å²) in [6.07, 6.45) is 15.3. The highest BCUT2D eigenvalue weighted by Gasteiger charge is 2.15. The summed E-state index contributed by atoms with van der Waals surface area (Å²) >= 11 is 0. The molecule has 0 aromatic carbocycles. The largest absolute Gasteiger partial charge is 0.497 e. The minimum Gasteiger partial charge on any atom is -0.497 e. The first-order chi connectivity index (χ1) is 8.54. The Morgan fingerprint density at radius 1 is 1.17 bits per heavy atom. The molecule has 1 aliphatic carbocycles. The Labute approximate surface area is 110 Å². The summed E-state index contributed by atoms with van der Waals surface area (Å²) in [4.78, 5) is 0.228. The Bertz CT molecular complexity index is 424. The summed E-state index contributed by atoms with van der Waals surface area (Å²) in [6, 6.07) is 0. The fourth-order valence-electron chi connectivity index (χ4n) is 1.88. The van der Waals surface area contributed by atoms with Crippen molar-refractivity contribution in [3.05, 3.63) is 35.5 Å². The summed E-state index contributed by atoms with van der Waals surface area (Å²) in [5.41, 5.74) is 0. The lowest BCUT2D eigenvalue weighted by Gasteiger charge is -2.21. The van der Waals surface area contributed by atoms with Crippen LogP contribution in [0, 0.1) is 0 Å². The lowest BCUT2D eigenvalue weighted by atomic mass is 9.98. The van der Waals surface area contributed by atoms with Gasteiger partial charge in [-0.15, -0.1) is 0 Å². The van der Waals surface area contributed by atoms with E-state index in [1.165, 1.54) is 31.8 Å². The van der Waals surface area contributed by atoms with Crippen molar-refractivity contribution in [2.75, 3.05) is 6.26 Å². The van der Waals surface area contributed by atoms with E-state index < -0.39 is 9.84 Å². The lowest BCUT2D eigenvalue weighted by molar-refractivity contribution is 0.106. The number of rotatable bonds is 5. The molecule has 0 aromatic rings. The zero-order valence-corrected chi connectivity index (χ0v) is 11.9. The molecule has 0 heterocycles. The Kier molecular flexibility index (Phi) is 6.19. The van der Waals surface area contributed by atoms with Crippen LogP contribution in [0.4, 0.5) is 0 Å². The third-order valence-corrected chi connectivity index (χ3v) is 4.01. The van der Waals surface area contributed by atoms with E-state index in [1.807, 2.05) is 13.0 Å². The number of ether oxygens (including phenoxy) is 1. The van der Waals surface area contributed by atoms with E-state index in [2.05, 4.69) is 0 Å². The summed E-state index contributed by atoms with van der Waals surface area (Å²) in [7, 11) is -3.23. The second-order valence-electron chi connectivity index (χ2n) is 4.57. The molecule has 0 unspecified atom stereocenters. The molecular weight excluding hydrogens is 248 g/mol. The molecular formula is C14H22O3S. The van der Waals surface area contributed by atoms with E-state index in [0.29, 0.717) is 0 Å². The van der Waals surface area contributed by atoms with E-state index in [9.17, 15) is 8.42 Å². The van der Waals surface area contributed by atoms with Gasteiger partial charge in [0.1, 0.15) is 11.2 Å². The minimum atomic E-state index is -3.23. The van der Waals surface area contributed by atoms with Crippen LogP contribution < -0.4 is 0 Å². The molecule has 0 aliphatic heterocycles. The van der Waals surface area contributed by atoms with Crippen LogP contribution in [-0.4, -0.2) is 20.8 Å². The first-order valence-corrected chi connectivity index (χ1v) is 8.28. The highest BCUT2D eigenvalue weighted by Crippen LogP contribution is 2.21. The Hall–Kier alpha value is -1.03. The molecule has 0 N–H and O–H groups in total. The third kappa shape index (κ3) is 5.54. The molecule has 18 heavy (non-hydrogen) atoms. The summed E-state index contributed by atoms with van der Waals surface area (Å²) in [5.74, 6) is 0. The van der Waals surface area contributed by atoms with Gasteiger partial charge in [-0.25, -0.2) is 8.42 Å². The van der Waals surface area contributed by atoms with Crippen LogP contribution in [0.5, 0.6) is 0 Å². The van der Waals surface area contributed by atoms with Gasteiger partial charge in [-0.1, -0.05) is 24.6 Å². The van der Waals surface area contributed by atoms with Gasteiger partial charge in [0.05, 0.1) is 6.10 Å². The van der Waals surface area contributed by atoms with E-state index in [0.717, 1.165) is 12.8 Å². The maximum Gasteiger partial charge on any atom is 0.178 e. The normalized spacial score (nSPS) is 19.8. The predicted molar refractivity (Wildman–Crippen MR) is 74.8 cm³/mol. The van der Waals surface area contributed by atoms with Crippen LogP contribution >= 0.6 is 0 Å². The molecule has 3 nitrogen and oxygen atoms in total. The molecule has 0 saturated heterocycles. The fraction of sp³-hybridized carbons (Fsp3) is 0.571. The van der Waals surface area contributed by atoms with Crippen molar-refractivity contribution in [2.45, 2.75) is 45.1 Å². The minimum absolute atomic E-state index is 0.172. The van der Waals surface area contributed by atoms with Crippen molar-refractivity contribution in [3.8, 4) is 0 Å². The molecule has 1 saturated carbocycles. The van der Waals surface area contributed by atoms with Gasteiger partial charge in [0, 0.05) is 6.26 Å². The molecule has 1 rings (SSSR count). The SMILES string of the molecule is C\C=C/C=C\C(=C\OC1CCCCC1)S(C)(=O)=O. The third-order valence-electron chi connectivity index (χ3n) is 2.92. The van der Waals surface area contributed by atoms with Gasteiger partial charge < -0.3 is 4.74 Å². The van der Waals surface area contributed by atoms with Gasteiger partial charge in [-0.2, -0.15) is 0 Å². The summed E-state index contributed by atoms with van der Waals surface area (Å²) in [6.45, 7) is 1.88. The van der Waals surface area contributed by atoms with Gasteiger partial charge in [0.15, 0.2) is 9.84 Å². The van der Waals surface area contributed by atoms with Crippen LogP contribution in [-0.2, 0) is 14.6 Å². The maximum absolute atomic E-state index is 11.6. The number of hydrogen-bond acceptors (Lipinski definition) is 3. The second kappa shape index (κ2) is 7.41. The molecule has 1 fully saturated rings. The predicted octanol–water partition coefficient (Wildman–Crippen LogP) is 3.35. The molecule has 0 radical (unpaired) electrons. The van der Waals surface area contributed by atoms with Crippen molar-refractivity contribution < 1.29 is 13.2 Å². The van der Waals surface area contributed by atoms with Gasteiger partial charge in [0.2, 0.25) is 0 Å². The monoisotopic (exact) mass is 270 g/mol. The number of allylic oxidation sites excluding steroid dienone is 4.